The Hall–Kier alpha value is -3.01. The number of amides is 1. The molecule has 1 atom stereocenters. The van der Waals surface area contributed by atoms with Crippen molar-refractivity contribution in [1.29, 1.82) is 0 Å². The monoisotopic (exact) mass is 307 g/mol. The number of hydrogen-bond donors (Lipinski definition) is 1. The second-order valence-corrected chi connectivity index (χ2v) is 5.03. The molecule has 1 heterocycles. The van der Waals surface area contributed by atoms with Gasteiger partial charge in [-0.1, -0.05) is 48.5 Å². The lowest BCUT2D eigenvalue weighted by molar-refractivity contribution is -0.123. The van der Waals surface area contributed by atoms with E-state index < -0.39 is 0 Å². The first-order valence-electron chi connectivity index (χ1n) is 7.38. The molecule has 3 rings (SSSR count). The van der Waals surface area contributed by atoms with Gasteiger partial charge in [0.05, 0.1) is 6.26 Å². The highest BCUT2D eigenvalue weighted by molar-refractivity contribution is 5.78. The van der Waals surface area contributed by atoms with E-state index >= 15 is 0 Å². The van der Waals surface area contributed by atoms with Gasteiger partial charge in [0.25, 0.3) is 5.91 Å². The van der Waals surface area contributed by atoms with Crippen LogP contribution in [0.4, 0.5) is 0 Å². The number of ether oxygens (including phenoxy) is 1. The van der Waals surface area contributed by atoms with Crippen LogP contribution in [0, 0.1) is 0 Å². The van der Waals surface area contributed by atoms with E-state index in [1.54, 1.807) is 12.3 Å². The Morgan fingerprint density at radius 1 is 0.957 bits per heavy atom. The molecule has 4 heteroatoms. The Morgan fingerprint density at radius 2 is 1.65 bits per heavy atom. The summed E-state index contributed by atoms with van der Waals surface area (Å²) in [5.74, 6) is 1.14. The van der Waals surface area contributed by atoms with Gasteiger partial charge in [0, 0.05) is 0 Å². The molecule has 1 amide bonds. The van der Waals surface area contributed by atoms with Crippen LogP contribution in [0.2, 0.25) is 0 Å². The standard InChI is InChI=1S/C19H17NO3/c21-18(14-23-16-10-5-2-6-11-16)20-19(17-12-7-13-22-17)15-8-3-1-4-9-15/h1-13,19H,14H2,(H,20,21)/t19-/m0/s1. The highest BCUT2D eigenvalue weighted by atomic mass is 16.5. The average Bonchev–Trinajstić information content (AvgIpc) is 3.14. The van der Waals surface area contributed by atoms with Crippen molar-refractivity contribution in [1.82, 2.24) is 5.32 Å². The van der Waals surface area contributed by atoms with Gasteiger partial charge >= 0.3 is 0 Å². The average molecular weight is 307 g/mol. The van der Waals surface area contributed by atoms with Crippen molar-refractivity contribution in [2.24, 2.45) is 0 Å². The maximum Gasteiger partial charge on any atom is 0.258 e. The molecule has 1 aromatic heterocycles. The van der Waals surface area contributed by atoms with E-state index in [4.69, 9.17) is 9.15 Å². The van der Waals surface area contributed by atoms with Crippen molar-refractivity contribution >= 4 is 5.91 Å². The molecule has 0 spiro atoms. The summed E-state index contributed by atoms with van der Waals surface area (Å²) in [4.78, 5) is 12.2. The first kappa shape index (κ1) is 14.9. The van der Waals surface area contributed by atoms with Crippen LogP contribution in [0.5, 0.6) is 5.75 Å². The highest BCUT2D eigenvalue weighted by Crippen LogP contribution is 2.22. The van der Waals surface area contributed by atoms with Crippen molar-refractivity contribution in [3.8, 4) is 5.75 Å². The zero-order valence-corrected chi connectivity index (χ0v) is 12.5. The van der Waals surface area contributed by atoms with Gasteiger partial charge in [-0.2, -0.15) is 0 Å². The van der Waals surface area contributed by atoms with Crippen molar-refractivity contribution in [2.45, 2.75) is 6.04 Å². The summed E-state index contributed by atoms with van der Waals surface area (Å²) in [5.41, 5.74) is 0.954. The van der Waals surface area contributed by atoms with E-state index in [1.165, 1.54) is 0 Å². The molecular weight excluding hydrogens is 290 g/mol. The number of carbonyl (C=O) groups excluding carboxylic acids is 1. The fourth-order valence-corrected chi connectivity index (χ4v) is 2.29. The molecule has 4 nitrogen and oxygen atoms in total. The summed E-state index contributed by atoms with van der Waals surface area (Å²) in [6, 6.07) is 22.3. The lowest BCUT2D eigenvalue weighted by Gasteiger charge is -2.17. The fraction of sp³-hybridized carbons (Fsp3) is 0.105. The van der Waals surface area contributed by atoms with Crippen molar-refractivity contribution in [2.75, 3.05) is 6.61 Å². The van der Waals surface area contributed by atoms with E-state index in [1.807, 2.05) is 66.7 Å². The zero-order valence-electron chi connectivity index (χ0n) is 12.5. The first-order valence-corrected chi connectivity index (χ1v) is 7.38. The minimum absolute atomic E-state index is 0.0476. The molecule has 0 aliphatic rings. The summed E-state index contributed by atoms with van der Waals surface area (Å²) in [6.07, 6.45) is 1.60. The van der Waals surface area contributed by atoms with E-state index in [0.29, 0.717) is 11.5 Å². The van der Waals surface area contributed by atoms with Gasteiger partial charge in [-0.25, -0.2) is 0 Å². The molecule has 0 saturated heterocycles. The van der Waals surface area contributed by atoms with Gasteiger partial charge in [-0.05, 0) is 29.8 Å². The molecule has 0 fully saturated rings. The predicted octanol–water partition coefficient (Wildman–Crippen LogP) is 3.56. The third-order valence-electron chi connectivity index (χ3n) is 3.38. The number of carbonyl (C=O) groups is 1. The smallest absolute Gasteiger partial charge is 0.258 e. The molecule has 0 unspecified atom stereocenters. The van der Waals surface area contributed by atoms with E-state index in [-0.39, 0.29) is 18.6 Å². The highest BCUT2D eigenvalue weighted by Gasteiger charge is 2.19. The van der Waals surface area contributed by atoms with Crippen LogP contribution in [0.15, 0.2) is 83.5 Å². The Kier molecular flexibility index (Phi) is 4.74. The second kappa shape index (κ2) is 7.31. The Balaban J connectivity index is 1.68. The molecule has 116 valence electrons. The molecule has 1 N–H and O–H groups in total. The lowest BCUT2D eigenvalue weighted by atomic mass is 10.0. The van der Waals surface area contributed by atoms with Gasteiger partial charge in [0.2, 0.25) is 0 Å². The molecule has 0 saturated carbocycles. The minimum atomic E-state index is -0.335. The number of nitrogens with one attached hydrogen (secondary N) is 1. The predicted molar refractivity (Wildman–Crippen MR) is 87.1 cm³/mol. The second-order valence-electron chi connectivity index (χ2n) is 5.03. The van der Waals surface area contributed by atoms with Crippen LogP contribution in [0.25, 0.3) is 0 Å². The molecule has 2 aromatic carbocycles. The Morgan fingerprint density at radius 3 is 2.30 bits per heavy atom. The molecule has 0 aliphatic carbocycles. The molecule has 0 radical (unpaired) electrons. The van der Waals surface area contributed by atoms with Crippen molar-refractivity contribution in [3.05, 3.63) is 90.4 Å². The molecule has 0 bridgehead atoms. The summed E-state index contributed by atoms with van der Waals surface area (Å²) in [5, 5.41) is 2.95. The van der Waals surface area contributed by atoms with E-state index in [2.05, 4.69) is 5.32 Å². The van der Waals surface area contributed by atoms with Crippen LogP contribution >= 0.6 is 0 Å². The largest absolute Gasteiger partial charge is 0.484 e. The summed E-state index contributed by atoms with van der Waals surface area (Å²) >= 11 is 0. The molecule has 23 heavy (non-hydrogen) atoms. The molecular formula is C19H17NO3. The van der Waals surface area contributed by atoms with Gasteiger partial charge < -0.3 is 14.5 Å². The van der Waals surface area contributed by atoms with Crippen LogP contribution in [0.3, 0.4) is 0 Å². The Bertz CT molecular complexity index is 724. The quantitative estimate of drug-likeness (QED) is 0.757. The van der Waals surface area contributed by atoms with Crippen LogP contribution < -0.4 is 10.1 Å². The maximum absolute atomic E-state index is 12.2. The lowest BCUT2D eigenvalue weighted by Crippen LogP contribution is -2.33. The third kappa shape index (κ3) is 4.01. The fourth-order valence-electron chi connectivity index (χ4n) is 2.29. The van der Waals surface area contributed by atoms with Crippen LogP contribution in [-0.2, 0) is 4.79 Å². The zero-order chi connectivity index (χ0) is 15.9. The number of para-hydroxylation sites is 1. The number of benzene rings is 2. The maximum atomic E-state index is 12.2. The molecule has 0 aliphatic heterocycles. The minimum Gasteiger partial charge on any atom is -0.484 e. The SMILES string of the molecule is O=C(COc1ccccc1)N[C@@H](c1ccccc1)c1ccco1. The van der Waals surface area contributed by atoms with E-state index in [9.17, 15) is 4.79 Å². The van der Waals surface area contributed by atoms with Gasteiger partial charge in [0.1, 0.15) is 17.6 Å². The third-order valence-corrected chi connectivity index (χ3v) is 3.38. The van der Waals surface area contributed by atoms with Gasteiger partial charge in [-0.15, -0.1) is 0 Å². The Labute approximate surface area is 134 Å². The number of hydrogen-bond acceptors (Lipinski definition) is 3. The topological polar surface area (TPSA) is 51.5 Å². The number of furan rings is 1. The number of rotatable bonds is 6. The first-order chi connectivity index (χ1) is 11.3. The summed E-state index contributed by atoms with van der Waals surface area (Å²) < 4.78 is 10.9. The molecule has 3 aromatic rings. The van der Waals surface area contributed by atoms with E-state index in [0.717, 1.165) is 5.56 Å². The summed E-state index contributed by atoms with van der Waals surface area (Å²) in [7, 11) is 0. The van der Waals surface area contributed by atoms with Gasteiger partial charge in [-0.3, -0.25) is 4.79 Å². The van der Waals surface area contributed by atoms with Crippen molar-refractivity contribution < 1.29 is 13.9 Å². The van der Waals surface area contributed by atoms with Crippen LogP contribution in [-0.4, -0.2) is 12.5 Å². The van der Waals surface area contributed by atoms with Crippen LogP contribution in [0.1, 0.15) is 17.4 Å². The van der Waals surface area contributed by atoms with Crippen molar-refractivity contribution in [3.63, 3.8) is 0 Å². The normalized spacial score (nSPS) is 11.7. The summed E-state index contributed by atoms with van der Waals surface area (Å²) in [6.45, 7) is -0.0476. The van der Waals surface area contributed by atoms with Gasteiger partial charge in [0.15, 0.2) is 6.61 Å².